The van der Waals surface area contributed by atoms with E-state index in [2.05, 4.69) is 0 Å². The minimum absolute atomic E-state index is 0.0833. The second-order valence-electron chi connectivity index (χ2n) is 7.46. The van der Waals surface area contributed by atoms with E-state index in [1.807, 2.05) is 30.3 Å². The van der Waals surface area contributed by atoms with Crippen LogP contribution < -0.4 is 0 Å². The molecule has 1 saturated heterocycles. The van der Waals surface area contributed by atoms with Crippen molar-refractivity contribution < 1.29 is 24.2 Å². The summed E-state index contributed by atoms with van der Waals surface area (Å²) in [5, 5.41) is 10.4. The highest BCUT2D eigenvalue weighted by atomic mass is 16.6. The van der Waals surface area contributed by atoms with Crippen LogP contribution in [-0.2, 0) is 16.1 Å². The Morgan fingerprint density at radius 1 is 1.24 bits per heavy atom. The number of hydrogen-bond donors (Lipinski definition) is 1. The predicted molar refractivity (Wildman–Crippen MR) is 92.0 cm³/mol. The molecule has 0 atom stereocenters. The van der Waals surface area contributed by atoms with E-state index in [4.69, 9.17) is 9.47 Å². The maximum absolute atomic E-state index is 12.0. The normalized spacial score (nSPS) is 16.0. The van der Waals surface area contributed by atoms with Gasteiger partial charge in [-0.1, -0.05) is 30.3 Å². The molecule has 0 saturated carbocycles. The van der Waals surface area contributed by atoms with Gasteiger partial charge in [-0.15, -0.1) is 0 Å². The molecule has 1 heterocycles. The first-order valence-electron chi connectivity index (χ1n) is 8.20. The number of amides is 2. The van der Waals surface area contributed by atoms with Crippen molar-refractivity contribution >= 4 is 12.2 Å². The summed E-state index contributed by atoms with van der Waals surface area (Å²) >= 11 is 0. The molecule has 0 aliphatic carbocycles. The molecule has 1 aromatic rings. The number of β-amino-alcohol motifs (C(OH)–C–C–N with tert-alkyl or cyclic N) is 1. The van der Waals surface area contributed by atoms with Gasteiger partial charge in [0.05, 0.1) is 19.6 Å². The van der Waals surface area contributed by atoms with E-state index in [-0.39, 0.29) is 26.2 Å². The van der Waals surface area contributed by atoms with Crippen LogP contribution in [0.2, 0.25) is 0 Å². The van der Waals surface area contributed by atoms with Crippen LogP contribution in [0.4, 0.5) is 9.59 Å². The number of nitrogens with zero attached hydrogens (tertiary/aromatic N) is 2. The molecule has 1 N–H and O–H groups in total. The zero-order chi connectivity index (χ0) is 18.7. The fourth-order valence-electron chi connectivity index (χ4n) is 2.56. The lowest BCUT2D eigenvalue weighted by Crippen LogP contribution is -2.68. The van der Waals surface area contributed by atoms with Gasteiger partial charge in [-0.25, -0.2) is 9.59 Å². The number of ether oxygens (including phenoxy) is 2. The van der Waals surface area contributed by atoms with Crippen molar-refractivity contribution in [3.63, 3.8) is 0 Å². The maximum atomic E-state index is 12.0. The van der Waals surface area contributed by atoms with Crippen molar-refractivity contribution in [1.82, 2.24) is 9.80 Å². The standard InChI is InChI=1S/C18H26N2O5/c1-17(2,3)25-16(22)20-12-18(23,13-20)11-19(4)15(21)24-10-14-8-6-5-7-9-14/h5-9,23H,10-13H2,1-4H3. The van der Waals surface area contributed by atoms with Crippen LogP contribution >= 0.6 is 0 Å². The van der Waals surface area contributed by atoms with Crippen LogP contribution in [-0.4, -0.2) is 65.0 Å². The second-order valence-corrected chi connectivity index (χ2v) is 7.46. The lowest BCUT2D eigenvalue weighted by Gasteiger charge is -2.47. The van der Waals surface area contributed by atoms with Gasteiger partial charge in [0.2, 0.25) is 0 Å². The Bertz CT molecular complexity index is 606. The quantitative estimate of drug-likeness (QED) is 0.901. The molecule has 0 radical (unpaired) electrons. The molecule has 1 aliphatic rings. The molecule has 0 aromatic heterocycles. The van der Waals surface area contributed by atoms with E-state index in [0.29, 0.717) is 0 Å². The van der Waals surface area contributed by atoms with E-state index >= 15 is 0 Å². The van der Waals surface area contributed by atoms with Gasteiger partial charge in [-0.05, 0) is 26.3 Å². The van der Waals surface area contributed by atoms with Gasteiger partial charge in [-0.3, -0.25) is 0 Å². The maximum Gasteiger partial charge on any atom is 0.410 e. The van der Waals surface area contributed by atoms with Crippen LogP contribution in [0.5, 0.6) is 0 Å². The highest BCUT2D eigenvalue weighted by Gasteiger charge is 2.46. The summed E-state index contributed by atoms with van der Waals surface area (Å²) in [6, 6.07) is 9.36. The molecule has 0 bridgehead atoms. The Morgan fingerprint density at radius 3 is 2.40 bits per heavy atom. The third-order valence-corrected chi connectivity index (χ3v) is 3.67. The molecule has 2 amide bonds. The summed E-state index contributed by atoms with van der Waals surface area (Å²) in [5.74, 6) is 0. The number of benzene rings is 1. The first-order valence-corrected chi connectivity index (χ1v) is 8.20. The molecule has 1 aromatic carbocycles. The molecular formula is C18H26N2O5. The van der Waals surface area contributed by atoms with E-state index in [0.717, 1.165) is 5.56 Å². The van der Waals surface area contributed by atoms with Gasteiger partial charge in [0.25, 0.3) is 0 Å². The number of rotatable bonds is 4. The Kier molecular flexibility index (Phi) is 5.57. The SMILES string of the molecule is CN(CC1(O)CN(C(=O)OC(C)(C)C)C1)C(=O)OCc1ccccc1. The van der Waals surface area contributed by atoms with Crippen molar-refractivity contribution in [1.29, 1.82) is 0 Å². The van der Waals surface area contributed by atoms with Crippen LogP contribution in [0.1, 0.15) is 26.3 Å². The Morgan fingerprint density at radius 2 is 1.84 bits per heavy atom. The van der Waals surface area contributed by atoms with Crippen LogP contribution in [0, 0.1) is 0 Å². The number of likely N-dealkylation sites (tertiary alicyclic amines) is 1. The Labute approximate surface area is 148 Å². The van der Waals surface area contributed by atoms with Crippen LogP contribution in [0.25, 0.3) is 0 Å². The van der Waals surface area contributed by atoms with Crippen LogP contribution in [0.15, 0.2) is 30.3 Å². The number of likely N-dealkylation sites (N-methyl/N-ethyl adjacent to an activating group) is 1. The number of aliphatic hydroxyl groups is 1. The first kappa shape index (κ1) is 19.1. The van der Waals surface area contributed by atoms with E-state index in [1.165, 1.54) is 9.80 Å². The van der Waals surface area contributed by atoms with Gasteiger partial charge < -0.3 is 24.4 Å². The van der Waals surface area contributed by atoms with Crippen molar-refractivity contribution in [2.75, 3.05) is 26.7 Å². The van der Waals surface area contributed by atoms with Crippen molar-refractivity contribution in [2.24, 2.45) is 0 Å². The van der Waals surface area contributed by atoms with Crippen molar-refractivity contribution in [3.8, 4) is 0 Å². The third-order valence-electron chi connectivity index (χ3n) is 3.67. The highest BCUT2D eigenvalue weighted by Crippen LogP contribution is 2.24. The van der Waals surface area contributed by atoms with Gasteiger partial charge >= 0.3 is 12.2 Å². The van der Waals surface area contributed by atoms with E-state index in [1.54, 1.807) is 27.8 Å². The molecule has 0 unspecified atom stereocenters. The summed E-state index contributed by atoms with van der Waals surface area (Å²) in [5.41, 5.74) is -0.831. The van der Waals surface area contributed by atoms with E-state index in [9.17, 15) is 14.7 Å². The van der Waals surface area contributed by atoms with Crippen molar-refractivity contribution in [3.05, 3.63) is 35.9 Å². The zero-order valence-electron chi connectivity index (χ0n) is 15.2. The average molecular weight is 350 g/mol. The zero-order valence-corrected chi connectivity index (χ0v) is 15.2. The lowest BCUT2D eigenvalue weighted by molar-refractivity contribution is -0.107. The van der Waals surface area contributed by atoms with Crippen LogP contribution in [0.3, 0.4) is 0 Å². The Hall–Kier alpha value is -2.28. The van der Waals surface area contributed by atoms with Gasteiger partial charge in [0.15, 0.2) is 0 Å². The average Bonchev–Trinajstić information content (AvgIpc) is 2.49. The smallest absolute Gasteiger partial charge is 0.410 e. The minimum atomic E-state index is -1.14. The topological polar surface area (TPSA) is 79.3 Å². The fourth-order valence-corrected chi connectivity index (χ4v) is 2.56. The van der Waals surface area contributed by atoms with Gasteiger partial charge in [0.1, 0.15) is 17.8 Å². The molecule has 2 rings (SSSR count). The van der Waals surface area contributed by atoms with E-state index < -0.39 is 23.4 Å². The monoisotopic (exact) mass is 350 g/mol. The Balaban J connectivity index is 1.76. The number of carbonyl (C=O) groups is 2. The largest absolute Gasteiger partial charge is 0.445 e. The molecule has 7 heteroatoms. The summed E-state index contributed by atoms with van der Waals surface area (Å²) < 4.78 is 10.5. The summed E-state index contributed by atoms with van der Waals surface area (Å²) in [7, 11) is 1.56. The molecule has 138 valence electrons. The number of carbonyl (C=O) groups excluding carboxylic acids is 2. The molecule has 7 nitrogen and oxygen atoms in total. The second kappa shape index (κ2) is 7.31. The van der Waals surface area contributed by atoms with Gasteiger partial charge in [-0.2, -0.15) is 0 Å². The molecule has 1 fully saturated rings. The lowest BCUT2D eigenvalue weighted by atomic mass is 9.94. The predicted octanol–water partition coefficient (Wildman–Crippen LogP) is 2.24. The summed E-state index contributed by atoms with van der Waals surface area (Å²) in [6.07, 6.45) is -0.987. The van der Waals surface area contributed by atoms with Crippen molar-refractivity contribution in [2.45, 2.75) is 38.6 Å². The first-order chi connectivity index (χ1) is 11.6. The minimum Gasteiger partial charge on any atom is -0.445 e. The molecule has 0 spiro atoms. The summed E-state index contributed by atoms with van der Waals surface area (Å²) in [6.45, 7) is 5.86. The molecular weight excluding hydrogens is 324 g/mol. The highest BCUT2D eigenvalue weighted by molar-refractivity contribution is 5.70. The summed E-state index contributed by atoms with van der Waals surface area (Å²) in [4.78, 5) is 26.6. The third kappa shape index (κ3) is 5.63. The molecule has 1 aliphatic heterocycles. The number of hydrogen-bond acceptors (Lipinski definition) is 5. The molecule has 25 heavy (non-hydrogen) atoms. The van der Waals surface area contributed by atoms with Gasteiger partial charge in [0, 0.05) is 7.05 Å². The fraction of sp³-hybridized carbons (Fsp3) is 0.556.